The van der Waals surface area contributed by atoms with Crippen molar-refractivity contribution in [2.24, 2.45) is 0 Å². The summed E-state index contributed by atoms with van der Waals surface area (Å²) < 4.78 is 9.28. The fourth-order valence-electron chi connectivity index (χ4n) is 0.909. The Balaban J connectivity index is 4.80. The van der Waals surface area contributed by atoms with Gasteiger partial charge in [-0.05, 0) is 20.8 Å². The number of hydrogen-bond acceptors (Lipinski definition) is 4. The van der Waals surface area contributed by atoms with Gasteiger partial charge in [-0.1, -0.05) is 0 Å². The summed E-state index contributed by atoms with van der Waals surface area (Å²) in [7, 11) is 0. The third kappa shape index (κ3) is 4.52. The second-order valence-corrected chi connectivity index (χ2v) is 2.75. The standard InChI is InChI=1S/C10H14N2O4/c1-4-15-8(13)6-7(3)9(12-11)10(14)16-5-2/h6H,4-5H2,1-3H3/b7-6+. The molecule has 0 aromatic heterocycles. The molecule has 0 rings (SSSR count). The molecule has 0 bridgehead atoms. The molecule has 0 radical (unpaired) electrons. The topological polar surface area (TPSA) is 89.0 Å². The Kier molecular flexibility index (Phi) is 6.47. The smallest absolute Gasteiger partial charge is 0.421 e. The fourth-order valence-corrected chi connectivity index (χ4v) is 0.909. The average molecular weight is 226 g/mol. The van der Waals surface area contributed by atoms with E-state index in [0.29, 0.717) is 0 Å². The van der Waals surface area contributed by atoms with Gasteiger partial charge in [0, 0.05) is 6.08 Å². The molecular formula is C10H14N2O4. The Morgan fingerprint density at radius 2 is 1.81 bits per heavy atom. The summed E-state index contributed by atoms with van der Waals surface area (Å²) in [5.41, 5.74) is 8.50. The molecule has 0 amide bonds. The van der Waals surface area contributed by atoms with Crippen LogP contribution in [0.15, 0.2) is 11.6 Å². The van der Waals surface area contributed by atoms with Crippen LogP contribution in [-0.4, -0.2) is 35.7 Å². The van der Waals surface area contributed by atoms with Gasteiger partial charge in [0.15, 0.2) is 0 Å². The molecular weight excluding hydrogens is 212 g/mol. The number of rotatable bonds is 5. The lowest BCUT2D eigenvalue weighted by molar-refractivity contribution is -0.139. The van der Waals surface area contributed by atoms with Gasteiger partial charge in [-0.3, -0.25) is 0 Å². The largest absolute Gasteiger partial charge is 0.463 e. The molecule has 0 aromatic rings. The Morgan fingerprint density at radius 1 is 1.25 bits per heavy atom. The fraction of sp³-hybridized carbons (Fsp3) is 0.500. The number of esters is 2. The van der Waals surface area contributed by atoms with Crippen molar-refractivity contribution in [3.05, 3.63) is 17.2 Å². The minimum absolute atomic E-state index is 0.157. The van der Waals surface area contributed by atoms with E-state index in [9.17, 15) is 9.59 Å². The monoisotopic (exact) mass is 226 g/mol. The van der Waals surface area contributed by atoms with Gasteiger partial charge in [-0.15, -0.1) is 0 Å². The molecule has 0 heterocycles. The van der Waals surface area contributed by atoms with Gasteiger partial charge in [0.1, 0.15) is 0 Å². The van der Waals surface area contributed by atoms with Crippen LogP contribution >= 0.6 is 0 Å². The summed E-state index contributed by atoms with van der Waals surface area (Å²) in [6.45, 7) is 5.12. The zero-order valence-corrected chi connectivity index (χ0v) is 9.52. The van der Waals surface area contributed by atoms with E-state index in [-0.39, 0.29) is 24.5 Å². The lowest BCUT2D eigenvalue weighted by atomic mass is 10.2. The molecule has 0 aliphatic carbocycles. The summed E-state index contributed by atoms with van der Waals surface area (Å²) in [5, 5.41) is 0. The second kappa shape index (κ2) is 7.36. The van der Waals surface area contributed by atoms with E-state index in [2.05, 4.69) is 14.3 Å². The van der Waals surface area contributed by atoms with Gasteiger partial charge >= 0.3 is 17.7 Å². The van der Waals surface area contributed by atoms with Crippen LogP contribution in [0, 0.1) is 0 Å². The predicted octanol–water partition coefficient (Wildman–Crippen LogP) is 0.730. The Labute approximate surface area is 93.5 Å². The van der Waals surface area contributed by atoms with Crippen molar-refractivity contribution in [3.8, 4) is 0 Å². The van der Waals surface area contributed by atoms with E-state index in [4.69, 9.17) is 5.53 Å². The van der Waals surface area contributed by atoms with Crippen LogP contribution < -0.4 is 0 Å². The van der Waals surface area contributed by atoms with Crippen molar-refractivity contribution in [1.82, 2.24) is 0 Å². The van der Waals surface area contributed by atoms with Gasteiger partial charge in [-0.2, -0.15) is 4.79 Å². The van der Waals surface area contributed by atoms with Crippen LogP contribution in [0.4, 0.5) is 0 Å². The SMILES string of the molecule is CCOC(=O)/C=C(\C)C(=[N+]=[N-])C(=O)OCC. The van der Waals surface area contributed by atoms with Crippen molar-refractivity contribution >= 4 is 17.7 Å². The van der Waals surface area contributed by atoms with Crippen LogP contribution in [-0.2, 0) is 19.1 Å². The highest BCUT2D eigenvalue weighted by atomic mass is 16.5. The Morgan fingerprint density at radius 3 is 2.25 bits per heavy atom. The average Bonchev–Trinajstić information content (AvgIpc) is 2.19. The molecule has 6 nitrogen and oxygen atoms in total. The molecule has 0 atom stereocenters. The van der Waals surface area contributed by atoms with Crippen LogP contribution in [0.3, 0.4) is 0 Å². The molecule has 88 valence electrons. The maximum Gasteiger partial charge on any atom is 0.421 e. The third-order valence-corrected chi connectivity index (χ3v) is 1.56. The van der Waals surface area contributed by atoms with Crippen LogP contribution in [0.1, 0.15) is 20.8 Å². The predicted molar refractivity (Wildman–Crippen MR) is 55.6 cm³/mol. The molecule has 6 heteroatoms. The number of hydrogen-bond donors (Lipinski definition) is 0. The molecule has 0 aromatic carbocycles. The number of carbonyl (C=O) groups is 2. The second-order valence-electron chi connectivity index (χ2n) is 2.75. The summed E-state index contributed by atoms with van der Waals surface area (Å²) >= 11 is 0. The van der Waals surface area contributed by atoms with Crippen molar-refractivity contribution < 1.29 is 23.9 Å². The molecule has 16 heavy (non-hydrogen) atoms. The Hall–Kier alpha value is -1.94. The van der Waals surface area contributed by atoms with E-state index >= 15 is 0 Å². The number of ether oxygens (including phenoxy) is 2. The van der Waals surface area contributed by atoms with Gasteiger partial charge in [-0.25, -0.2) is 9.59 Å². The molecule has 0 spiro atoms. The zero-order valence-electron chi connectivity index (χ0n) is 9.52. The van der Waals surface area contributed by atoms with E-state index in [1.807, 2.05) is 0 Å². The van der Waals surface area contributed by atoms with E-state index < -0.39 is 11.9 Å². The van der Waals surface area contributed by atoms with Crippen LogP contribution in [0.2, 0.25) is 0 Å². The zero-order chi connectivity index (χ0) is 12.6. The first-order chi connectivity index (χ1) is 7.56. The van der Waals surface area contributed by atoms with E-state index in [1.54, 1.807) is 13.8 Å². The Bertz CT molecular complexity index is 354. The third-order valence-electron chi connectivity index (χ3n) is 1.56. The van der Waals surface area contributed by atoms with Gasteiger partial charge in [0.2, 0.25) is 0 Å². The number of carbonyl (C=O) groups excluding carboxylic acids is 2. The minimum Gasteiger partial charge on any atom is -0.463 e. The minimum atomic E-state index is -0.789. The first kappa shape index (κ1) is 14.1. The van der Waals surface area contributed by atoms with Gasteiger partial charge in [0.25, 0.3) is 0 Å². The van der Waals surface area contributed by atoms with Gasteiger partial charge in [0.05, 0.1) is 18.8 Å². The first-order valence-corrected chi connectivity index (χ1v) is 4.81. The summed E-state index contributed by atoms with van der Waals surface area (Å²) in [5.74, 6) is -1.39. The quantitative estimate of drug-likeness (QED) is 0.227. The summed E-state index contributed by atoms with van der Waals surface area (Å²) in [6, 6.07) is 0. The normalized spacial score (nSPS) is 10.3. The van der Waals surface area contributed by atoms with Crippen molar-refractivity contribution in [2.75, 3.05) is 13.2 Å². The van der Waals surface area contributed by atoms with Crippen molar-refractivity contribution in [3.63, 3.8) is 0 Å². The van der Waals surface area contributed by atoms with Gasteiger partial charge < -0.3 is 15.0 Å². The maximum absolute atomic E-state index is 11.2. The highest BCUT2D eigenvalue weighted by Crippen LogP contribution is 1.98. The highest BCUT2D eigenvalue weighted by molar-refractivity contribution is 6.41. The van der Waals surface area contributed by atoms with Crippen LogP contribution in [0.5, 0.6) is 0 Å². The van der Waals surface area contributed by atoms with Crippen molar-refractivity contribution in [1.29, 1.82) is 0 Å². The number of nitrogens with zero attached hydrogens (tertiary/aromatic N) is 2. The molecule has 0 unspecified atom stereocenters. The molecule has 0 aliphatic rings. The highest BCUT2D eigenvalue weighted by Gasteiger charge is 2.24. The van der Waals surface area contributed by atoms with Crippen LogP contribution in [0.25, 0.3) is 5.53 Å². The molecule has 0 saturated heterocycles. The maximum atomic E-state index is 11.2. The van der Waals surface area contributed by atoms with E-state index in [1.165, 1.54) is 6.92 Å². The first-order valence-electron chi connectivity index (χ1n) is 4.81. The van der Waals surface area contributed by atoms with E-state index in [0.717, 1.165) is 6.08 Å². The lowest BCUT2D eigenvalue weighted by Crippen LogP contribution is -2.20. The molecule has 0 saturated carbocycles. The van der Waals surface area contributed by atoms with Crippen molar-refractivity contribution in [2.45, 2.75) is 20.8 Å². The molecule has 0 fully saturated rings. The summed E-state index contributed by atoms with van der Waals surface area (Å²) in [4.78, 5) is 25.1. The summed E-state index contributed by atoms with van der Waals surface area (Å²) in [6.07, 6.45) is 1.06. The lowest BCUT2D eigenvalue weighted by Gasteiger charge is -1.98. The molecule has 0 aliphatic heterocycles. The molecule has 0 N–H and O–H groups in total.